The SMILES string of the molecule is CC/C=C\C/C=C\C/C=C\C/C=C\C/C=C\CCCCCCCCCCCC(=O)NC(COP(=O)([O-])OCC[N+](C)(C)C)C(/C=C\CCCCCCCCCCC)OC(=O)CCCCCCCCCCC/C=C/CCCCCCCC. The van der Waals surface area contributed by atoms with Gasteiger partial charge in [-0.15, -0.1) is 0 Å². The Hall–Kier alpha value is -2.81. The molecule has 9 nitrogen and oxygen atoms in total. The van der Waals surface area contributed by atoms with Crippen molar-refractivity contribution in [1.29, 1.82) is 0 Å². The van der Waals surface area contributed by atoms with E-state index in [1.807, 2.05) is 33.3 Å². The highest BCUT2D eigenvalue weighted by Gasteiger charge is 2.27. The maximum absolute atomic E-state index is 13.6. The van der Waals surface area contributed by atoms with Crippen LogP contribution >= 0.6 is 7.82 Å². The number of phosphoric ester groups is 1. The van der Waals surface area contributed by atoms with Crippen LogP contribution < -0.4 is 10.2 Å². The van der Waals surface area contributed by atoms with Crippen LogP contribution in [0, 0.1) is 0 Å². The van der Waals surface area contributed by atoms with Crippen LogP contribution in [-0.4, -0.2) is 69.4 Å². The van der Waals surface area contributed by atoms with Crippen molar-refractivity contribution in [2.75, 3.05) is 40.9 Å². The van der Waals surface area contributed by atoms with Gasteiger partial charge in [0.25, 0.3) is 7.82 Å². The number of phosphoric acid groups is 1. The molecule has 1 N–H and O–H groups in total. The number of ether oxygens (including phenoxy) is 1. The number of unbranched alkanes of at least 4 members (excludes halogenated alkanes) is 33. The van der Waals surface area contributed by atoms with Crippen LogP contribution in [-0.2, 0) is 27.9 Å². The second kappa shape index (κ2) is 60.3. The number of amides is 1. The first-order valence-electron chi connectivity index (χ1n) is 33.9. The Morgan fingerprint density at radius 3 is 1.20 bits per heavy atom. The summed E-state index contributed by atoms with van der Waals surface area (Å²) in [5.74, 6) is -0.547. The molecule has 0 saturated heterocycles. The molecule has 81 heavy (non-hydrogen) atoms. The highest BCUT2D eigenvalue weighted by atomic mass is 31.2. The van der Waals surface area contributed by atoms with Gasteiger partial charge in [-0.3, -0.25) is 14.2 Å². The predicted molar refractivity (Wildman–Crippen MR) is 348 cm³/mol. The van der Waals surface area contributed by atoms with Crippen molar-refractivity contribution in [2.24, 2.45) is 0 Å². The zero-order chi connectivity index (χ0) is 59.3. The first kappa shape index (κ1) is 78.2. The smallest absolute Gasteiger partial charge is 0.306 e. The van der Waals surface area contributed by atoms with Gasteiger partial charge in [0.2, 0.25) is 5.91 Å². The molecule has 0 aliphatic rings. The lowest BCUT2D eigenvalue weighted by Gasteiger charge is -2.30. The average Bonchev–Trinajstić information content (AvgIpc) is 3.44. The van der Waals surface area contributed by atoms with Gasteiger partial charge >= 0.3 is 5.97 Å². The number of likely N-dealkylation sites (N-methyl/N-ethyl adjacent to an activating group) is 1. The fourth-order valence-corrected chi connectivity index (χ4v) is 10.3. The van der Waals surface area contributed by atoms with Gasteiger partial charge in [0.15, 0.2) is 0 Å². The van der Waals surface area contributed by atoms with Gasteiger partial charge in [0.05, 0.1) is 33.8 Å². The number of nitrogens with one attached hydrogen (secondary N) is 1. The molecule has 0 aliphatic carbocycles. The molecule has 0 heterocycles. The molecule has 0 bridgehead atoms. The van der Waals surface area contributed by atoms with Gasteiger partial charge in [-0.1, -0.05) is 273 Å². The van der Waals surface area contributed by atoms with Gasteiger partial charge in [-0.05, 0) is 102 Å². The summed E-state index contributed by atoms with van der Waals surface area (Å²) in [5, 5.41) is 3.03. The first-order valence-corrected chi connectivity index (χ1v) is 35.4. The summed E-state index contributed by atoms with van der Waals surface area (Å²) < 4.78 is 30.4. The molecule has 0 aromatic rings. The molecule has 3 unspecified atom stereocenters. The number of rotatable bonds is 61. The molecule has 0 rings (SSSR count). The number of quaternary nitrogens is 1. The monoisotopic (exact) mass is 1150 g/mol. The minimum absolute atomic E-state index is 0.0264. The van der Waals surface area contributed by atoms with Crippen LogP contribution in [0.25, 0.3) is 0 Å². The standard InChI is InChI=1S/C71H129N2O7P/c1-7-10-13-16-19-22-25-27-29-31-33-34-35-36-37-38-40-41-43-45-48-51-54-57-60-63-70(74)72-68(67-79-81(76,77)78-66-65-73(4,5)6)69(62-59-56-53-50-47-24-21-18-15-12-9-3)80-71(75)64-61-58-55-52-49-46-44-42-39-32-30-28-26-23-20-17-14-11-8-2/h10,13,19,22,27-30,33-34,36-37,59,62,68-69H,7-9,11-12,14-18,20-21,23-26,31-32,35,38-58,60-61,63-67H2,1-6H3,(H-,72,74,76,77)/b13-10-,22-19-,29-27-,30-28+,34-33-,37-36-,62-59-. The van der Waals surface area contributed by atoms with Gasteiger partial charge in [0.1, 0.15) is 19.3 Å². The van der Waals surface area contributed by atoms with Crippen LogP contribution in [0.4, 0.5) is 0 Å². The Labute approximate surface area is 501 Å². The zero-order valence-electron chi connectivity index (χ0n) is 53.7. The number of hydrogen-bond donors (Lipinski definition) is 1. The Balaban J connectivity index is 5.10. The minimum Gasteiger partial charge on any atom is -0.756 e. The summed E-state index contributed by atoms with van der Waals surface area (Å²) in [5.41, 5.74) is 0. The molecule has 3 atom stereocenters. The van der Waals surface area contributed by atoms with Crippen molar-refractivity contribution < 1.29 is 37.3 Å². The lowest BCUT2D eigenvalue weighted by atomic mass is 10.0. The lowest BCUT2D eigenvalue weighted by molar-refractivity contribution is -0.870. The quantitative estimate of drug-likeness (QED) is 0.0212. The van der Waals surface area contributed by atoms with E-state index in [1.54, 1.807) is 0 Å². The third kappa shape index (κ3) is 61.6. The minimum atomic E-state index is -4.71. The largest absolute Gasteiger partial charge is 0.756 e. The number of hydrogen-bond acceptors (Lipinski definition) is 7. The van der Waals surface area contributed by atoms with Gasteiger partial charge in [0, 0.05) is 12.8 Å². The summed E-state index contributed by atoms with van der Waals surface area (Å²) in [7, 11) is 1.18. The molecular formula is C71H129N2O7P. The van der Waals surface area contributed by atoms with Crippen LogP contribution in [0.2, 0.25) is 0 Å². The van der Waals surface area contributed by atoms with E-state index in [9.17, 15) is 19.0 Å². The number of carbonyl (C=O) groups is 2. The number of allylic oxidation sites excluding steroid dienone is 13. The van der Waals surface area contributed by atoms with E-state index in [0.29, 0.717) is 17.4 Å². The Morgan fingerprint density at radius 1 is 0.444 bits per heavy atom. The van der Waals surface area contributed by atoms with Crippen LogP contribution in [0.5, 0.6) is 0 Å². The molecule has 0 radical (unpaired) electrons. The molecule has 10 heteroatoms. The summed E-state index contributed by atoms with van der Waals surface area (Å²) in [6.45, 7) is 6.73. The predicted octanol–water partition coefficient (Wildman–Crippen LogP) is 20.7. The van der Waals surface area contributed by atoms with E-state index in [0.717, 1.165) is 103 Å². The van der Waals surface area contributed by atoms with Gasteiger partial charge < -0.3 is 28.5 Å². The van der Waals surface area contributed by atoms with Crippen LogP contribution in [0.15, 0.2) is 85.1 Å². The van der Waals surface area contributed by atoms with Crippen LogP contribution in [0.1, 0.15) is 303 Å². The molecule has 0 saturated carbocycles. The summed E-state index contributed by atoms with van der Waals surface area (Å²) in [4.78, 5) is 40.1. The molecule has 0 spiro atoms. The van der Waals surface area contributed by atoms with E-state index in [1.165, 1.54) is 167 Å². The Morgan fingerprint density at radius 2 is 0.790 bits per heavy atom. The molecule has 0 aromatic heterocycles. The van der Waals surface area contributed by atoms with E-state index < -0.39 is 26.6 Å². The number of carbonyl (C=O) groups excluding carboxylic acids is 2. The molecular weight excluding hydrogens is 1020 g/mol. The van der Waals surface area contributed by atoms with E-state index in [-0.39, 0.29) is 24.9 Å². The van der Waals surface area contributed by atoms with E-state index in [4.69, 9.17) is 13.8 Å². The average molecular weight is 1150 g/mol. The van der Waals surface area contributed by atoms with E-state index in [2.05, 4.69) is 99.0 Å². The number of nitrogens with zero attached hydrogens (tertiary/aromatic N) is 1. The highest BCUT2D eigenvalue weighted by Crippen LogP contribution is 2.38. The van der Waals surface area contributed by atoms with Gasteiger partial charge in [-0.2, -0.15) is 0 Å². The second-order valence-corrected chi connectivity index (χ2v) is 25.4. The van der Waals surface area contributed by atoms with Crippen molar-refractivity contribution in [3.63, 3.8) is 0 Å². The first-order chi connectivity index (χ1) is 39.4. The molecule has 1 amide bonds. The van der Waals surface area contributed by atoms with Crippen molar-refractivity contribution in [1.82, 2.24) is 5.32 Å². The van der Waals surface area contributed by atoms with E-state index >= 15 is 0 Å². The maximum Gasteiger partial charge on any atom is 0.306 e. The molecule has 470 valence electrons. The highest BCUT2D eigenvalue weighted by molar-refractivity contribution is 7.45. The Bertz CT molecular complexity index is 1660. The molecule has 0 fully saturated rings. The lowest BCUT2D eigenvalue weighted by Crippen LogP contribution is -2.47. The third-order valence-corrected chi connectivity index (χ3v) is 15.8. The zero-order valence-corrected chi connectivity index (χ0v) is 54.6. The van der Waals surface area contributed by atoms with Crippen molar-refractivity contribution in [3.8, 4) is 0 Å². The third-order valence-electron chi connectivity index (χ3n) is 14.8. The fraction of sp³-hybridized carbons (Fsp3) is 0.775. The molecule has 0 aromatic carbocycles. The Kier molecular flexibility index (Phi) is 58.2. The fourth-order valence-electron chi connectivity index (χ4n) is 9.60. The molecule has 0 aliphatic heterocycles. The summed E-state index contributed by atoms with van der Waals surface area (Å²) >= 11 is 0. The normalized spacial score (nSPS) is 14.1. The van der Waals surface area contributed by atoms with Crippen LogP contribution in [0.3, 0.4) is 0 Å². The van der Waals surface area contributed by atoms with Crippen molar-refractivity contribution in [3.05, 3.63) is 85.1 Å². The number of esters is 1. The van der Waals surface area contributed by atoms with Crippen molar-refractivity contribution >= 4 is 19.7 Å². The maximum atomic E-state index is 13.6. The topological polar surface area (TPSA) is 114 Å². The summed E-state index contributed by atoms with van der Waals surface area (Å²) in [6.07, 6.45) is 79.8. The second-order valence-electron chi connectivity index (χ2n) is 23.9. The summed E-state index contributed by atoms with van der Waals surface area (Å²) in [6, 6.07) is -0.896. The van der Waals surface area contributed by atoms with Gasteiger partial charge in [-0.25, -0.2) is 0 Å². The van der Waals surface area contributed by atoms with Crippen molar-refractivity contribution in [2.45, 2.75) is 315 Å².